The number of pyridine rings is 1. The van der Waals surface area contributed by atoms with Crippen LogP contribution in [0.2, 0.25) is 0 Å². The molecule has 14 heteroatoms. The molecule has 1 aliphatic rings. The summed E-state index contributed by atoms with van der Waals surface area (Å²) in [5.74, 6) is -2.86. The highest BCUT2D eigenvalue weighted by molar-refractivity contribution is 7.90. The highest BCUT2D eigenvalue weighted by Crippen LogP contribution is 2.38. The number of rotatable bonds is 9. The molecule has 1 aliphatic carbocycles. The van der Waals surface area contributed by atoms with Crippen molar-refractivity contribution in [2.75, 3.05) is 11.9 Å². The zero-order chi connectivity index (χ0) is 29.1. The molecule has 9 nitrogen and oxygen atoms in total. The van der Waals surface area contributed by atoms with E-state index in [2.05, 4.69) is 20.5 Å². The zero-order valence-electron chi connectivity index (χ0n) is 21.8. The first-order chi connectivity index (χ1) is 18.8. The fourth-order valence-electron chi connectivity index (χ4n) is 4.41. The second-order valence-electron chi connectivity index (χ2n) is 10.1. The van der Waals surface area contributed by atoms with Gasteiger partial charge in [0.05, 0.1) is 30.0 Å². The first kappa shape index (κ1) is 29.3. The summed E-state index contributed by atoms with van der Waals surface area (Å²) in [6.45, 7) is 4.21. The van der Waals surface area contributed by atoms with Crippen molar-refractivity contribution in [2.24, 2.45) is 11.8 Å². The van der Waals surface area contributed by atoms with E-state index in [-0.39, 0.29) is 48.0 Å². The molecule has 0 radical (unpaired) electrons. The molecule has 2 unspecified atom stereocenters. The van der Waals surface area contributed by atoms with Crippen molar-refractivity contribution in [1.29, 1.82) is 0 Å². The molecule has 0 aliphatic heterocycles. The molecule has 2 atom stereocenters. The van der Waals surface area contributed by atoms with Crippen LogP contribution in [0.15, 0.2) is 47.6 Å². The Kier molecular flexibility index (Phi) is 8.66. The lowest BCUT2D eigenvalue weighted by atomic mass is 9.85. The van der Waals surface area contributed by atoms with E-state index in [0.29, 0.717) is 25.0 Å². The van der Waals surface area contributed by atoms with E-state index in [1.54, 1.807) is 6.07 Å². The average molecular weight is 586 g/mol. The van der Waals surface area contributed by atoms with Gasteiger partial charge in [0.15, 0.2) is 5.03 Å². The lowest BCUT2D eigenvalue weighted by Gasteiger charge is -2.31. The maximum absolute atomic E-state index is 14.4. The normalized spacial score (nSPS) is 18.0. The minimum atomic E-state index is -4.37. The van der Waals surface area contributed by atoms with Gasteiger partial charge in [0, 0.05) is 19.1 Å². The minimum Gasteiger partial charge on any atom is -0.493 e. The maximum atomic E-state index is 14.4. The molecule has 1 fully saturated rings. The molecule has 4 rings (SSSR count). The van der Waals surface area contributed by atoms with Gasteiger partial charge in [-0.25, -0.2) is 14.1 Å². The molecule has 1 amide bonds. The van der Waals surface area contributed by atoms with E-state index in [9.17, 15) is 30.8 Å². The van der Waals surface area contributed by atoms with Crippen LogP contribution in [0, 0.1) is 17.7 Å². The van der Waals surface area contributed by atoms with Crippen molar-refractivity contribution in [1.82, 2.24) is 19.9 Å². The van der Waals surface area contributed by atoms with E-state index in [4.69, 9.17) is 4.74 Å². The van der Waals surface area contributed by atoms with Crippen molar-refractivity contribution in [2.45, 2.75) is 56.8 Å². The van der Waals surface area contributed by atoms with Crippen LogP contribution in [0.25, 0.3) is 11.3 Å². The smallest absolute Gasteiger partial charge is 0.391 e. The number of nitrogens with one attached hydrogen (secondary N) is 3. The van der Waals surface area contributed by atoms with Crippen LogP contribution >= 0.6 is 0 Å². The number of sulfonamides is 1. The second kappa shape index (κ2) is 11.8. The molecular formula is C26H31F4N5O4S. The Morgan fingerprint density at radius 3 is 2.65 bits per heavy atom. The van der Waals surface area contributed by atoms with Gasteiger partial charge in [0.2, 0.25) is 0 Å². The van der Waals surface area contributed by atoms with Crippen LogP contribution in [0.4, 0.5) is 23.4 Å². The van der Waals surface area contributed by atoms with E-state index in [1.165, 1.54) is 30.5 Å². The predicted molar refractivity (Wildman–Crippen MR) is 141 cm³/mol. The van der Waals surface area contributed by atoms with Crippen LogP contribution in [0.1, 0.15) is 51.3 Å². The number of alkyl halides is 3. The summed E-state index contributed by atoms with van der Waals surface area (Å²) in [5.41, 5.74) is 0.289. The lowest BCUT2D eigenvalue weighted by Crippen LogP contribution is -2.36. The van der Waals surface area contributed by atoms with Gasteiger partial charge in [-0.15, -0.1) is 0 Å². The largest absolute Gasteiger partial charge is 0.493 e. The number of halogens is 4. The van der Waals surface area contributed by atoms with Gasteiger partial charge in [-0.05, 0) is 55.5 Å². The first-order valence-electron chi connectivity index (χ1n) is 12.7. The third-order valence-electron chi connectivity index (χ3n) is 6.36. The van der Waals surface area contributed by atoms with Crippen LogP contribution in [-0.2, 0) is 10.0 Å². The minimum absolute atomic E-state index is 0. The summed E-state index contributed by atoms with van der Waals surface area (Å²) >= 11 is 0. The SMILES string of the molecule is CC(C)COc1cc(F)cc(-c2ccc(C(=O)NS(=O)(=O)c3ccn[nH]3)c(NC3CCCC(C(F)(F)F)C3)n2)c1.[HH]. The van der Waals surface area contributed by atoms with Crippen LogP contribution in [-0.4, -0.2) is 48.3 Å². The van der Waals surface area contributed by atoms with Crippen LogP contribution in [0.3, 0.4) is 0 Å². The Morgan fingerprint density at radius 1 is 1.20 bits per heavy atom. The van der Waals surface area contributed by atoms with Gasteiger partial charge < -0.3 is 10.1 Å². The Morgan fingerprint density at radius 2 is 1.98 bits per heavy atom. The molecule has 0 spiro atoms. The second-order valence-corrected chi connectivity index (χ2v) is 11.7. The number of ether oxygens (including phenoxy) is 1. The van der Waals surface area contributed by atoms with Gasteiger partial charge in [0.1, 0.15) is 17.4 Å². The molecule has 2 heterocycles. The lowest BCUT2D eigenvalue weighted by molar-refractivity contribution is -0.182. The number of carbonyl (C=O) groups excluding carboxylic acids is 1. The number of aromatic nitrogens is 3. The molecule has 0 bridgehead atoms. The molecule has 1 saturated carbocycles. The highest BCUT2D eigenvalue weighted by Gasteiger charge is 2.42. The number of hydrogen-bond donors (Lipinski definition) is 3. The Hall–Kier alpha value is -3.68. The maximum Gasteiger partial charge on any atom is 0.391 e. The van der Waals surface area contributed by atoms with Crippen molar-refractivity contribution in [3.63, 3.8) is 0 Å². The number of benzene rings is 1. The molecule has 1 aromatic carbocycles. The molecule has 218 valence electrons. The molecule has 0 saturated heterocycles. The summed E-state index contributed by atoms with van der Waals surface area (Å²) in [5, 5.41) is 8.38. The summed E-state index contributed by atoms with van der Waals surface area (Å²) in [7, 11) is -4.32. The fraction of sp³-hybridized carbons (Fsp3) is 0.423. The van der Waals surface area contributed by atoms with E-state index >= 15 is 0 Å². The zero-order valence-corrected chi connectivity index (χ0v) is 22.6. The highest BCUT2D eigenvalue weighted by atomic mass is 32.2. The van der Waals surface area contributed by atoms with E-state index < -0.39 is 39.9 Å². The molecule has 2 aromatic heterocycles. The molecule has 3 N–H and O–H groups in total. The Balaban J connectivity index is 0.00000462. The molecule has 40 heavy (non-hydrogen) atoms. The van der Waals surface area contributed by atoms with Crippen LogP contribution < -0.4 is 14.8 Å². The summed E-state index contributed by atoms with van der Waals surface area (Å²) in [6.07, 6.45) is -2.73. The molecule has 3 aromatic rings. The van der Waals surface area contributed by atoms with E-state index in [1.807, 2.05) is 18.6 Å². The number of nitrogens with zero attached hydrogens (tertiary/aromatic N) is 2. The fourth-order valence-corrected chi connectivity index (χ4v) is 5.28. The van der Waals surface area contributed by atoms with Gasteiger partial charge in [-0.2, -0.15) is 26.7 Å². The summed E-state index contributed by atoms with van der Waals surface area (Å²) in [6, 6.07) is 7.12. The number of anilines is 1. The number of carbonyl (C=O) groups is 1. The quantitative estimate of drug-likeness (QED) is 0.282. The number of amides is 1. The number of aromatic amines is 1. The number of hydrogen-bond acceptors (Lipinski definition) is 7. The van der Waals surface area contributed by atoms with E-state index in [0.717, 1.165) is 6.07 Å². The molecular weight excluding hydrogens is 554 g/mol. The first-order valence-corrected chi connectivity index (χ1v) is 14.1. The third-order valence-corrected chi connectivity index (χ3v) is 7.62. The Labute approximate surface area is 230 Å². The predicted octanol–water partition coefficient (Wildman–Crippen LogP) is 5.54. The third kappa shape index (κ3) is 7.29. The van der Waals surface area contributed by atoms with Crippen molar-refractivity contribution in [3.8, 4) is 17.0 Å². The van der Waals surface area contributed by atoms with Crippen molar-refractivity contribution < 1.29 is 36.9 Å². The number of H-pyrrole nitrogens is 1. The van der Waals surface area contributed by atoms with Gasteiger partial charge in [-0.3, -0.25) is 9.89 Å². The standard InChI is InChI=1S/C26H29F4N5O4S.H2/c1-15(2)14-39-20-11-16(10-18(27)13-20)22-7-6-21(25(36)35-40(37,38)23-8-9-31-34-23)24(33-22)32-19-5-3-4-17(12-19)26(28,29)30;/h6-11,13,15,17,19H,3-5,12,14H2,1-2H3,(H,31,34)(H,32,33)(H,35,36);1H. The van der Waals surface area contributed by atoms with Gasteiger partial charge in [-0.1, -0.05) is 20.3 Å². The topological polar surface area (TPSA) is 126 Å². The average Bonchev–Trinajstić information content (AvgIpc) is 3.43. The van der Waals surface area contributed by atoms with Crippen molar-refractivity contribution in [3.05, 3.63) is 54.0 Å². The van der Waals surface area contributed by atoms with Crippen molar-refractivity contribution >= 4 is 21.7 Å². The Bertz CT molecular complexity index is 1450. The monoisotopic (exact) mass is 585 g/mol. The summed E-state index contributed by atoms with van der Waals surface area (Å²) < 4.78 is 87.4. The summed E-state index contributed by atoms with van der Waals surface area (Å²) in [4.78, 5) is 17.5. The van der Waals surface area contributed by atoms with Gasteiger partial charge >= 0.3 is 6.18 Å². The van der Waals surface area contributed by atoms with Crippen LogP contribution in [0.5, 0.6) is 5.75 Å². The van der Waals surface area contributed by atoms with Gasteiger partial charge in [0.25, 0.3) is 15.9 Å².